The van der Waals surface area contributed by atoms with E-state index in [2.05, 4.69) is 30.9 Å². The van der Waals surface area contributed by atoms with Crippen LogP contribution in [0, 0.1) is 18.8 Å². The molecule has 0 bridgehead atoms. The molecule has 3 nitrogen and oxygen atoms in total. The van der Waals surface area contributed by atoms with Gasteiger partial charge in [0.1, 0.15) is 5.75 Å². The molecule has 4 atom stereocenters. The molecule has 0 amide bonds. The zero-order valence-electron chi connectivity index (χ0n) is 15.7. The highest BCUT2D eigenvalue weighted by Crippen LogP contribution is 2.50. The Morgan fingerprint density at radius 3 is 2.27 bits per heavy atom. The van der Waals surface area contributed by atoms with Crippen molar-refractivity contribution in [2.45, 2.75) is 44.8 Å². The van der Waals surface area contributed by atoms with Crippen molar-refractivity contribution >= 4 is 0 Å². The molecule has 0 radical (unpaired) electrons. The van der Waals surface area contributed by atoms with E-state index in [1.807, 2.05) is 24.3 Å². The third-order valence-corrected chi connectivity index (χ3v) is 6.54. The van der Waals surface area contributed by atoms with Gasteiger partial charge in [0.15, 0.2) is 0 Å². The lowest BCUT2D eigenvalue weighted by Crippen LogP contribution is -2.35. The van der Waals surface area contributed by atoms with Gasteiger partial charge in [-0.25, -0.2) is 0 Å². The summed E-state index contributed by atoms with van der Waals surface area (Å²) in [6.07, 6.45) is 2.76. The van der Waals surface area contributed by atoms with E-state index in [-0.39, 0.29) is 0 Å². The van der Waals surface area contributed by atoms with Gasteiger partial charge >= 0.3 is 0 Å². The second kappa shape index (κ2) is 6.71. The van der Waals surface area contributed by atoms with E-state index in [4.69, 9.17) is 0 Å². The van der Waals surface area contributed by atoms with Crippen molar-refractivity contribution in [3.63, 3.8) is 0 Å². The fourth-order valence-electron chi connectivity index (χ4n) is 5.17. The lowest BCUT2D eigenvalue weighted by atomic mass is 9.87. The quantitative estimate of drug-likeness (QED) is 0.879. The van der Waals surface area contributed by atoms with E-state index in [1.165, 1.54) is 11.1 Å². The molecule has 1 saturated heterocycles. The Morgan fingerprint density at radius 1 is 1.04 bits per heavy atom. The maximum Gasteiger partial charge on any atom is 0.115 e. The molecule has 138 valence electrons. The molecular weight excluding hydrogens is 322 g/mol. The molecule has 26 heavy (non-hydrogen) atoms. The van der Waals surface area contributed by atoms with Crippen LogP contribution in [-0.4, -0.2) is 34.2 Å². The summed E-state index contributed by atoms with van der Waals surface area (Å²) in [6.45, 7) is 6.56. The fourth-order valence-corrected chi connectivity index (χ4v) is 5.17. The van der Waals surface area contributed by atoms with Crippen molar-refractivity contribution in [3.8, 4) is 5.75 Å². The number of likely N-dealkylation sites (tertiary alicyclic amines) is 1. The minimum Gasteiger partial charge on any atom is -0.508 e. The molecule has 1 saturated carbocycles. The number of nitrogens with zero attached hydrogens (tertiary/aromatic N) is 1. The number of aliphatic hydroxyl groups is 1. The van der Waals surface area contributed by atoms with Crippen molar-refractivity contribution in [1.29, 1.82) is 0 Å². The number of benzene rings is 2. The van der Waals surface area contributed by atoms with E-state index in [9.17, 15) is 10.2 Å². The summed E-state index contributed by atoms with van der Waals surface area (Å²) in [5.74, 6) is 1.50. The standard InChI is InChI=1S/C23H29NO2/c1-16-5-3-4-6-22(16)23(26)12-19-14-24(15-20(19)13-23)17(2)11-18-7-9-21(25)10-8-18/h3-10,17,19-20,25-26H,11-15H2,1-2H3/t17?,19-,20+,23?. The van der Waals surface area contributed by atoms with Crippen LogP contribution in [0.1, 0.15) is 36.5 Å². The number of phenols is 1. The van der Waals surface area contributed by atoms with Crippen LogP contribution in [0.2, 0.25) is 0 Å². The Balaban J connectivity index is 1.40. The monoisotopic (exact) mass is 351 g/mol. The number of hydrogen-bond acceptors (Lipinski definition) is 3. The van der Waals surface area contributed by atoms with Crippen LogP contribution in [0.3, 0.4) is 0 Å². The van der Waals surface area contributed by atoms with Gasteiger partial charge in [0.05, 0.1) is 5.60 Å². The third kappa shape index (κ3) is 3.26. The molecule has 2 N–H and O–H groups in total. The summed E-state index contributed by atoms with van der Waals surface area (Å²) >= 11 is 0. The summed E-state index contributed by atoms with van der Waals surface area (Å²) in [5, 5.41) is 20.7. The highest BCUT2D eigenvalue weighted by Gasteiger charge is 2.49. The van der Waals surface area contributed by atoms with Gasteiger partial charge in [-0.3, -0.25) is 4.90 Å². The molecular formula is C23H29NO2. The number of hydrogen-bond donors (Lipinski definition) is 2. The van der Waals surface area contributed by atoms with Crippen LogP contribution >= 0.6 is 0 Å². The van der Waals surface area contributed by atoms with E-state index in [0.29, 0.717) is 23.6 Å². The zero-order valence-corrected chi connectivity index (χ0v) is 15.7. The molecule has 2 aromatic carbocycles. The molecule has 2 aliphatic rings. The smallest absolute Gasteiger partial charge is 0.115 e. The highest BCUT2D eigenvalue weighted by atomic mass is 16.3. The van der Waals surface area contributed by atoms with Crippen LogP contribution in [-0.2, 0) is 12.0 Å². The fraction of sp³-hybridized carbons (Fsp3) is 0.478. The molecule has 2 unspecified atom stereocenters. The van der Waals surface area contributed by atoms with Gasteiger partial charge in [-0.2, -0.15) is 0 Å². The number of aromatic hydroxyl groups is 1. The van der Waals surface area contributed by atoms with Crippen LogP contribution in [0.4, 0.5) is 0 Å². The van der Waals surface area contributed by atoms with Crippen molar-refractivity contribution in [2.75, 3.05) is 13.1 Å². The number of phenolic OH excluding ortho intramolecular Hbond substituents is 1. The first-order chi connectivity index (χ1) is 12.4. The Labute approximate surface area is 156 Å². The number of rotatable bonds is 4. The normalized spacial score (nSPS) is 29.7. The average molecular weight is 351 g/mol. The molecule has 0 spiro atoms. The molecule has 1 aliphatic heterocycles. The minimum absolute atomic E-state index is 0.326. The Bertz CT molecular complexity index is 756. The molecule has 1 aliphatic carbocycles. The predicted octanol–water partition coefficient (Wildman–Crippen LogP) is 3.86. The second-order valence-electron chi connectivity index (χ2n) is 8.45. The van der Waals surface area contributed by atoms with Gasteiger partial charge in [-0.05, 0) is 73.8 Å². The van der Waals surface area contributed by atoms with E-state index >= 15 is 0 Å². The maximum absolute atomic E-state index is 11.3. The number of aryl methyl sites for hydroxylation is 1. The zero-order chi connectivity index (χ0) is 18.3. The Morgan fingerprint density at radius 2 is 1.65 bits per heavy atom. The van der Waals surface area contributed by atoms with E-state index in [0.717, 1.165) is 37.9 Å². The Kier molecular flexibility index (Phi) is 4.54. The summed E-state index contributed by atoms with van der Waals surface area (Å²) in [5.41, 5.74) is 2.95. The molecule has 2 fully saturated rings. The molecule has 1 heterocycles. The number of fused-ring (bicyclic) bond motifs is 1. The highest BCUT2D eigenvalue weighted by molar-refractivity contribution is 5.33. The first-order valence-corrected chi connectivity index (χ1v) is 9.75. The Hall–Kier alpha value is -1.84. The summed E-state index contributed by atoms with van der Waals surface area (Å²) in [6, 6.07) is 16.3. The predicted molar refractivity (Wildman–Crippen MR) is 104 cm³/mol. The van der Waals surface area contributed by atoms with Crippen molar-refractivity contribution in [3.05, 3.63) is 65.2 Å². The van der Waals surface area contributed by atoms with Gasteiger partial charge in [0.25, 0.3) is 0 Å². The molecule has 3 heteroatoms. The molecule has 0 aromatic heterocycles. The van der Waals surface area contributed by atoms with Crippen LogP contribution in [0.25, 0.3) is 0 Å². The van der Waals surface area contributed by atoms with E-state index in [1.54, 1.807) is 12.1 Å². The maximum atomic E-state index is 11.3. The van der Waals surface area contributed by atoms with Crippen LogP contribution in [0.15, 0.2) is 48.5 Å². The van der Waals surface area contributed by atoms with Gasteiger partial charge in [0, 0.05) is 19.1 Å². The second-order valence-corrected chi connectivity index (χ2v) is 8.45. The SMILES string of the molecule is Cc1ccccc1C1(O)C[C@H]2CN(C(C)Cc3ccc(O)cc3)C[C@H]2C1. The molecule has 4 rings (SSSR count). The van der Waals surface area contributed by atoms with Crippen LogP contribution in [0.5, 0.6) is 5.75 Å². The van der Waals surface area contributed by atoms with Gasteiger partial charge in [-0.1, -0.05) is 36.4 Å². The minimum atomic E-state index is -0.646. The topological polar surface area (TPSA) is 43.7 Å². The lowest BCUT2D eigenvalue weighted by Gasteiger charge is -2.30. The summed E-state index contributed by atoms with van der Waals surface area (Å²) < 4.78 is 0. The molecule has 2 aromatic rings. The average Bonchev–Trinajstić information content (AvgIpc) is 3.13. The first-order valence-electron chi connectivity index (χ1n) is 9.75. The third-order valence-electron chi connectivity index (χ3n) is 6.54. The lowest BCUT2D eigenvalue weighted by molar-refractivity contribution is 0.0291. The van der Waals surface area contributed by atoms with Gasteiger partial charge in [-0.15, -0.1) is 0 Å². The van der Waals surface area contributed by atoms with Crippen molar-refractivity contribution < 1.29 is 10.2 Å². The van der Waals surface area contributed by atoms with Crippen molar-refractivity contribution in [1.82, 2.24) is 4.90 Å². The summed E-state index contributed by atoms with van der Waals surface area (Å²) in [4.78, 5) is 2.58. The van der Waals surface area contributed by atoms with Gasteiger partial charge in [0.2, 0.25) is 0 Å². The van der Waals surface area contributed by atoms with Crippen LogP contribution < -0.4 is 0 Å². The largest absolute Gasteiger partial charge is 0.508 e. The van der Waals surface area contributed by atoms with Gasteiger partial charge < -0.3 is 10.2 Å². The van der Waals surface area contributed by atoms with E-state index < -0.39 is 5.60 Å². The summed E-state index contributed by atoms with van der Waals surface area (Å²) in [7, 11) is 0. The van der Waals surface area contributed by atoms with Crippen molar-refractivity contribution in [2.24, 2.45) is 11.8 Å². The first kappa shape index (κ1) is 17.6.